The van der Waals surface area contributed by atoms with Gasteiger partial charge in [-0.1, -0.05) is 30.0 Å². The van der Waals surface area contributed by atoms with Crippen LogP contribution in [0, 0.1) is 11.6 Å². The molecule has 2 fully saturated rings. The van der Waals surface area contributed by atoms with Crippen molar-refractivity contribution in [2.75, 3.05) is 24.3 Å². The number of aliphatic hydroxyl groups excluding tert-OH is 3. The van der Waals surface area contributed by atoms with E-state index in [0.29, 0.717) is 27.7 Å². The van der Waals surface area contributed by atoms with Gasteiger partial charge in [-0.25, -0.2) is 23.4 Å². The van der Waals surface area contributed by atoms with Gasteiger partial charge in [-0.2, -0.15) is 0 Å². The van der Waals surface area contributed by atoms with Gasteiger partial charge in [0.1, 0.15) is 12.2 Å². The molecule has 2 saturated carbocycles. The van der Waals surface area contributed by atoms with Gasteiger partial charge in [0.05, 0.1) is 25.4 Å². The molecule has 0 amide bonds. The summed E-state index contributed by atoms with van der Waals surface area (Å²) in [7, 11) is 0. The Morgan fingerprint density at radius 2 is 2.00 bits per heavy atom. The maximum atomic E-state index is 13.7. The highest BCUT2D eigenvalue weighted by Gasteiger charge is 2.45. The maximum Gasteiger partial charge on any atom is 0.191 e. The molecular formula is C23H28F2N6O4S. The van der Waals surface area contributed by atoms with Crippen LogP contribution in [0.4, 0.5) is 14.6 Å². The fourth-order valence-corrected chi connectivity index (χ4v) is 5.31. The van der Waals surface area contributed by atoms with Crippen LogP contribution in [-0.2, 0) is 4.74 Å². The van der Waals surface area contributed by atoms with Gasteiger partial charge in [0, 0.05) is 24.1 Å². The lowest BCUT2D eigenvalue weighted by Gasteiger charge is -2.17. The summed E-state index contributed by atoms with van der Waals surface area (Å²) in [5.74, 6) is -0.472. The third-order valence-corrected chi connectivity index (χ3v) is 7.61. The summed E-state index contributed by atoms with van der Waals surface area (Å²) in [6.45, 7) is 1.91. The predicted molar refractivity (Wildman–Crippen MR) is 128 cm³/mol. The monoisotopic (exact) mass is 522 g/mol. The molecule has 13 heteroatoms. The summed E-state index contributed by atoms with van der Waals surface area (Å²) in [4.78, 5) is 9.27. The zero-order valence-corrected chi connectivity index (χ0v) is 20.4. The molecule has 3 aromatic rings. The Morgan fingerprint density at radius 1 is 1.17 bits per heavy atom. The average molecular weight is 523 g/mol. The predicted octanol–water partition coefficient (Wildman–Crippen LogP) is 2.01. The van der Waals surface area contributed by atoms with Crippen molar-refractivity contribution in [1.82, 2.24) is 25.0 Å². The minimum Gasteiger partial charge on any atom is -0.394 e. The molecule has 1 aromatic carbocycles. The number of anilines is 1. The van der Waals surface area contributed by atoms with Crippen molar-refractivity contribution in [2.24, 2.45) is 0 Å². The summed E-state index contributed by atoms with van der Waals surface area (Å²) in [6, 6.07) is 3.26. The van der Waals surface area contributed by atoms with E-state index in [9.17, 15) is 19.0 Å². The molecule has 36 heavy (non-hydrogen) atoms. The van der Waals surface area contributed by atoms with Crippen molar-refractivity contribution in [1.29, 1.82) is 0 Å². The molecule has 2 heterocycles. The van der Waals surface area contributed by atoms with Crippen molar-refractivity contribution in [3.05, 3.63) is 35.4 Å². The first-order valence-electron chi connectivity index (χ1n) is 12.0. The van der Waals surface area contributed by atoms with Crippen LogP contribution in [0.25, 0.3) is 11.2 Å². The number of rotatable bonds is 10. The SMILES string of the molecule is CCCSc1nc(N[C@@H]2C[C@H]2c2ccc(F)c(F)c2)c2nnn(C3C[C@H](OCCO)[C@@H](O)C3O)c2n1. The fraction of sp³-hybridized carbons (Fsp3) is 0.565. The number of halogens is 2. The summed E-state index contributed by atoms with van der Waals surface area (Å²) in [5.41, 5.74) is 1.53. The number of aliphatic hydroxyl groups is 3. The number of ether oxygens (including phenoxy) is 1. The largest absolute Gasteiger partial charge is 0.394 e. The number of hydrogen-bond acceptors (Lipinski definition) is 10. The standard InChI is InChI=1S/C23H28F2N6O4S/c1-2-7-36-23-27-21(26-15-9-12(15)11-3-4-13(24)14(25)8-11)18-22(28-23)31(30-29-18)16-10-17(35-6-5-32)20(34)19(16)33/h3-4,8,12,15-17,19-20,32-34H,2,5-7,9-10H2,1H3,(H,26,27,28)/t12-,15+,16?,17-,19?,20+/m0/s1. The molecule has 10 nitrogen and oxygen atoms in total. The van der Waals surface area contributed by atoms with E-state index in [1.807, 2.05) is 0 Å². The van der Waals surface area contributed by atoms with Gasteiger partial charge in [0.25, 0.3) is 0 Å². The number of thioether (sulfide) groups is 1. The molecular weight excluding hydrogens is 494 g/mol. The highest BCUT2D eigenvalue weighted by molar-refractivity contribution is 7.99. The molecule has 2 aliphatic rings. The zero-order valence-electron chi connectivity index (χ0n) is 19.6. The van der Waals surface area contributed by atoms with Crippen LogP contribution < -0.4 is 5.32 Å². The molecule has 4 N–H and O–H groups in total. The topological polar surface area (TPSA) is 138 Å². The maximum absolute atomic E-state index is 13.7. The molecule has 0 aliphatic heterocycles. The fourth-order valence-electron chi connectivity index (χ4n) is 4.61. The van der Waals surface area contributed by atoms with Crippen LogP contribution >= 0.6 is 11.8 Å². The van der Waals surface area contributed by atoms with Crippen LogP contribution in [0.1, 0.15) is 43.7 Å². The molecule has 2 unspecified atom stereocenters. The normalized spacial score (nSPS) is 27.6. The summed E-state index contributed by atoms with van der Waals surface area (Å²) in [6.07, 6.45) is -1.04. The number of fused-ring (bicyclic) bond motifs is 1. The van der Waals surface area contributed by atoms with E-state index in [1.54, 1.807) is 6.07 Å². The summed E-state index contributed by atoms with van der Waals surface area (Å²) >= 11 is 1.48. The van der Waals surface area contributed by atoms with E-state index in [4.69, 9.17) is 9.84 Å². The Labute approximate surface area is 210 Å². The molecule has 2 aromatic heterocycles. The first-order chi connectivity index (χ1) is 17.4. The second-order valence-corrected chi connectivity index (χ2v) is 10.2. The van der Waals surface area contributed by atoms with E-state index in [2.05, 4.69) is 32.5 Å². The van der Waals surface area contributed by atoms with Crippen molar-refractivity contribution in [3.8, 4) is 0 Å². The Bertz CT molecular complexity index is 1230. The first-order valence-corrected chi connectivity index (χ1v) is 13.0. The number of benzene rings is 1. The lowest BCUT2D eigenvalue weighted by Crippen LogP contribution is -2.33. The van der Waals surface area contributed by atoms with Crippen LogP contribution in [-0.4, -0.2) is 83.6 Å². The Kier molecular flexibility index (Phi) is 7.35. The van der Waals surface area contributed by atoms with E-state index in [1.165, 1.54) is 22.5 Å². The summed E-state index contributed by atoms with van der Waals surface area (Å²) in [5, 5.41) is 42.5. The highest BCUT2D eigenvalue weighted by Crippen LogP contribution is 2.44. The molecule has 194 valence electrons. The molecule has 0 saturated heterocycles. The quantitative estimate of drug-likeness (QED) is 0.231. The van der Waals surface area contributed by atoms with Crippen molar-refractivity contribution in [3.63, 3.8) is 0 Å². The van der Waals surface area contributed by atoms with Gasteiger partial charge >= 0.3 is 0 Å². The Hall–Kier alpha value is -2.45. The number of hydrogen-bond donors (Lipinski definition) is 4. The van der Waals surface area contributed by atoms with E-state index in [-0.39, 0.29) is 31.6 Å². The van der Waals surface area contributed by atoms with Gasteiger partial charge < -0.3 is 25.4 Å². The van der Waals surface area contributed by atoms with Crippen molar-refractivity contribution >= 4 is 28.7 Å². The van der Waals surface area contributed by atoms with Crippen LogP contribution in [0.5, 0.6) is 0 Å². The van der Waals surface area contributed by atoms with Crippen LogP contribution in [0.3, 0.4) is 0 Å². The van der Waals surface area contributed by atoms with Gasteiger partial charge in [0.2, 0.25) is 0 Å². The van der Waals surface area contributed by atoms with Crippen molar-refractivity contribution in [2.45, 2.75) is 67.7 Å². The Balaban J connectivity index is 1.43. The van der Waals surface area contributed by atoms with E-state index in [0.717, 1.165) is 24.7 Å². The molecule has 5 rings (SSSR count). The number of nitrogens with one attached hydrogen (secondary N) is 1. The van der Waals surface area contributed by atoms with Crippen molar-refractivity contribution < 1.29 is 28.8 Å². The van der Waals surface area contributed by atoms with Gasteiger partial charge in [-0.15, -0.1) is 5.10 Å². The smallest absolute Gasteiger partial charge is 0.191 e. The minimum absolute atomic E-state index is 0.00291. The average Bonchev–Trinajstić information content (AvgIpc) is 3.41. The van der Waals surface area contributed by atoms with Gasteiger partial charge in [-0.05, 0) is 30.5 Å². The minimum atomic E-state index is -1.15. The third kappa shape index (κ3) is 4.90. The van der Waals surface area contributed by atoms with Crippen LogP contribution in [0.15, 0.2) is 23.4 Å². The van der Waals surface area contributed by atoms with Gasteiger partial charge in [0.15, 0.2) is 33.8 Å². The number of aromatic nitrogens is 5. The van der Waals surface area contributed by atoms with E-state index >= 15 is 0 Å². The molecule has 0 bridgehead atoms. The first kappa shape index (κ1) is 25.2. The van der Waals surface area contributed by atoms with E-state index < -0.39 is 36.0 Å². The lowest BCUT2D eigenvalue weighted by atomic mass is 10.1. The molecule has 6 atom stereocenters. The number of nitrogens with zero attached hydrogens (tertiary/aromatic N) is 5. The molecule has 2 aliphatic carbocycles. The third-order valence-electron chi connectivity index (χ3n) is 6.56. The molecule has 0 radical (unpaired) electrons. The summed E-state index contributed by atoms with van der Waals surface area (Å²) < 4.78 is 34.0. The Morgan fingerprint density at radius 3 is 2.75 bits per heavy atom. The second kappa shape index (κ2) is 10.5. The van der Waals surface area contributed by atoms with Gasteiger partial charge in [-0.3, -0.25) is 0 Å². The second-order valence-electron chi connectivity index (χ2n) is 9.09. The molecule has 0 spiro atoms. The zero-order chi connectivity index (χ0) is 25.4. The highest BCUT2D eigenvalue weighted by atomic mass is 32.2. The van der Waals surface area contributed by atoms with Crippen LogP contribution in [0.2, 0.25) is 0 Å². The lowest BCUT2D eigenvalue weighted by molar-refractivity contribution is -0.0629.